The average molecular weight is 399 g/mol. The minimum absolute atomic E-state index is 0.236. The van der Waals surface area contributed by atoms with E-state index in [9.17, 15) is 4.79 Å². The van der Waals surface area contributed by atoms with Crippen LogP contribution < -0.4 is 10.5 Å². The van der Waals surface area contributed by atoms with Gasteiger partial charge < -0.3 is 15.4 Å². The molecular formula is C22H29N3O4. The van der Waals surface area contributed by atoms with Crippen molar-refractivity contribution in [3.8, 4) is 5.75 Å². The van der Waals surface area contributed by atoms with Crippen molar-refractivity contribution in [2.45, 2.75) is 40.5 Å². The largest absolute Gasteiger partial charge is 0.493 e. The van der Waals surface area contributed by atoms with Gasteiger partial charge in [-0.2, -0.15) is 9.59 Å². The third-order valence-corrected chi connectivity index (χ3v) is 4.97. The number of carbonyl (C=O) groups is 1. The second kappa shape index (κ2) is 9.52. The average Bonchev–Trinajstić information content (AvgIpc) is 2.65. The topological polar surface area (TPSA) is 103 Å². The van der Waals surface area contributed by atoms with E-state index in [-0.39, 0.29) is 17.5 Å². The van der Waals surface area contributed by atoms with Crippen LogP contribution in [0, 0.1) is 18.3 Å². The van der Waals surface area contributed by atoms with Gasteiger partial charge in [0, 0.05) is 29.9 Å². The zero-order valence-corrected chi connectivity index (χ0v) is 17.5. The number of rotatable bonds is 3. The van der Waals surface area contributed by atoms with E-state index in [1.165, 1.54) is 0 Å². The lowest BCUT2D eigenvalue weighted by Gasteiger charge is -2.35. The van der Waals surface area contributed by atoms with Crippen LogP contribution in [-0.4, -0.2) is 41.6 Å². The lowest BCUT2D eigenvalue weighted by molar-refractivity contribution is -0.191. The normalized spacial score (nSPS) is 14.7. The molecule has 0 radical (unpaired) electrons. The van der Waals surface area contributed by atoms with Crippen molar-refractivity contribution in [1.29, 1.82) is 0 Å². The fourth-order valence-electron chi connectivity index (χ4n) is 3.53. The van der Waals surface area contributed by atoms with Crippen molar-refractivity contribution in [3.05, 3.63) is 30.0 Å². The number of nitrogens with two attached hydrogens (primary N) is 1. The number of likely N-dealkylation sites (tertiary alicyclic amines) is 1. The van der Waals surface area contributed by atoms with E-state index in [1.54, 1.807) is 0 Å². The van der Waals surface area contributed by atoms with Crippen LogP contribution in [0.2, 0.25) is 0 Å². The second-order valence-corrected chi connectivity index (χ2v) is 8.38. The summed E-state index contributed by atoms with van der Waals surface area (Å²) in [6.07, 6.45) is 2.19. The number of aromatic nitrogens is 1. The summed E-state index contributed by atoms with van der Waals surface area (Å²) in [4.78, 5) is 35.2. The maximum absolute atomic E-state index is 12.4. The fraction of sp³-hybridized carbons (Fsp3) is 0.500. The first kappa shape index (κ1) is 22.4. The van der Waals surface area contributed by atoms with Gasteiger partial charge in [0.05, 0.1) is 17.5 Å². The fourth-order valence-corrected chi connectivity index (χ4v) is 3.53. The highest BCUT2D eigenvalue weighted by molar-refractivity contribution is 5.95. The number of ether oxygens (including phenoxy) is 1. The summed E-state index contributed by atoms with van der Waals surface area (Å²) in [5, 5.41) is 0.887. The van der Waals surface area contributed by atoms with Crippen LogP contribution in [0.1, 0.15) is 39.3 Å². The monoisotopic (exact) mass is 399 g/mol. The van der Waals surface area contributed by atoms with Crippen molar-refractivity contribution in [2.75, 3.05) is 25.4 Å². The van der Waals surface area contributed by atoms with Crippen LogP contribution in [0.3, 0.4) is 0 Å². The van der Waals surface area contributed by atoms with E-state index in [2.05, 4.69) is 4.98 Å². The third-order valence-electron chi connectivity index (χ3n) is 4.97. The van der Waals surface area contributed by atoms with Crippen molar-refractivity contribution < 1.29 is 19.1 Å². The smallest absolute Gasteiger partial charge is 0.373 e. The van der Waals surface area contributed by atoms with Gasteiger partial charge in [-0.05, 0) is 43.9 Å². The zero-order valence-electron chi connectivity index (χ0n) is 17.5. The first-order valence-corrected chi connectivity index (χ1v) is 9.74. The molecule has 29 heavy (non-hydrogen) atoms. The van der Waals surface area contributed by atoms with Gasteiger partial charge in [-0.25, -0.2) is 0 Å². The highest BCUT2D eigenvalue weighted by Crippen LogP contribution is 2.31. The number of hydrogen-bond acceptors (Lipinski definition) is 6. The first-order valence-electron chi connectivity index (χ1n) is 9.74. The molecule has 7 heteroatoms. The van der Waals surface area contributed by atoms with Gasteiger partial charge in [-0.3, -0.25) is 9.78 Å². The molecule has 7 nitrogen and oxygen atoms in total. The highest BCUT2D eigenvalue weighted by atomic mass is 16.5. The van der Waals surface area contributed by atoms with E-state index in [0.29, 0.717) is 18.2 Å². The van der Waals surface area contributed by atoms with Gasteiger partial charge in [0.25, 0.3) is 0 Å². The molecule has 3 rings (SSSR count). The number of fused-ring (bicyclic) bond motifs is 1. The predicted molar refractivity (Wildman–Crippen MR) is 110 cm³/mol. The molecular weight excluding hydrogens is 370 g/mol. The van der Waals surface area contributed by atoms with Gasteiger partial charge in [0.15, 0.2) is 0 Å². The van der Waals surface area contributed by atoms with Crippen LogP contribution in [0.4, 0.5) is 5.69 Å². The molecule has 1 aromatic heterocycles. The number of hydrogen-bond donors (Lipinski definition) is 1. The molecule has 0 atom stereocenters. The Hall–Kier alpha value is -2.92. The van der Waals surface area contributed by atoms with Gasteiger partial charge >= 0.3 is 6.15 Å². The van der Waals surface area contributed by atoms with Crippen LogP contribution in [-0.2, 0) is 14.4 Å². The number of nitrogen functional groups attached to an aromatic ring is 1. The number of pyridine rings is 1. The number of anilines is 1. The zero-order chi connectivity index (χ0) is 21.6. The van der Waals surface area contributed by atoms with Crippen LogP contribution in [0.25, 0.3) is 10.9 Å². The summed E-state index contributed by atoms with van der Waals surface area (Å²) in [5.41, 5.74) is 8.36. The summed E-state index contributed by atoms with van der Waals surface area (Å²) in [6.45, 7) is 10.1. The minimum Gasteiger partial charge on any atom is -0.493 e. The highest BCUT2D eigenvalue weighted by Gasteiger charge is 2.30. The number of piperidine rings is 1. The maximum Gasteiger partial charge on any atom is 0.373 e. The number of aryl methyl sites for hydroxylation is 1. The molecule has 1 aliphatic rings. The molecule has 1 aliphatic heterocycles. The van der Waals surface area contributed by atoms with E-state index in [1.807, 2.05) is 56.9 Å². The van der Waals surface area contributed by atoms with Crippen molar-refractivity contribution in [3.63, 3.8) is 0 Å². The molecule has 1 aromatic carbocycles. The van der Waals surface area contributed by atoms with Gasteiger partial charge in [-0.15, -0.1) is 0 Å². The van der Waals surface area contributed by atoms with Crippen molar-refractivity contribution in [1.82, 2.24) is 9.88 Å². The Kier molecular flexibility index (Phi) is 7.35. The maximum atomic E-state index is 12.4. The van der Waals surface area contributed by atoms with Crippen LogP contribution in [0.15, 0.2) is 24.3 Å². The summed E-state index contributed by atoms with van der Waals surface area (Å²) in [5.74, 6) is 1.48. The van der Waals surface area contributed by atoms with E-state index in [0.717, 1.165) is 48.3 Å². The number of benzene rings is 1. The lowest BCUT2D eigenvalue weighted by Crippen LogP contribution is -2.44. The molecule has 1 saturated heterocycles. The number of carbonyl (C=O) groups excluding carboxylic acids is 3. The van der Waals surface area contributed by atoms with E-state index in [4.69, 9.17) is 20.1 Å². The minimum atomic E-state index is -0.311. The molecule has 2 heterocycles. The molecule has 0 aliphatic carbocycles. The van der Waals surface area contributed by atoms with Gasteiger partial charge in [-0.1, -0.05) is 26.8 Å². The summed E-state index contributed by atoms with van der Waals surface area (Å²) in [7, 11) is 0. The van der Waals surface area contributed by atoms with Crippen molar-refractivity contribution in [2.24, 2.45) is 11.3 Å². The lowest BCUT2D eigenvalue weighted by atomic mass is 9.91. The number of amides is 1. The van der Waals surface area contributed by atoms with E-state index >= 15 is 0 Å². The molecule has 0 spiro atoms. The first-order chi connectivity index (χ1) is 13.7. The molecule has 2 aromatic rings. The Morgan fingerprint density at radius 2 is 1.90 bits per heavy atom. The molecule has 156 valence electrons. The molecule has 0 bridgehead atoms. The van der Waals surface area contributed by atoms with Crippen LogP contribution in [0.5, 0.6) is 5.75 Å². The predicted octanol–water partition coefficient (Wildman–Crippen LogP) is 3.21. The van der Waals surface area contributed by atoms with Crippen LogP contribution >= 0.6 is 0 Å². The molecule has 0 saturated carbocycles. The number of nitrogens with zero attached hydrogens (tertiary/aromatic N) is 2. The standard InChI is InChI=1S/C21H29N3O2.CO2/c1-14-12-16(22)19-17(23-14)6-5-7-18(19)26-13-15-8-10-24(11-9-15)20(25)21(2,3)4;2-1-3/h5-7,12,15H,8-11,13H2,1-4H3,(H2,22,23);. The Morgan fingerprint density at radius 1 is 1.28 bits per heavy atom. The quantitative estimate of drug-likeness (QED) is 0.850. The SMILES string of the molecule is Cc1cc(N)c2c(OCC3CCN(C(=O)C(C)(C)C)CC3)cccc2n1.O=C=O. The van der Waals surface area contributed by atoms with Crippen molar-refractivity contribution >= 4 is 28.6 Å². The summed E-state index contributed by atoms with van der Waals surface area (Å²) in [6, 6.07) is 7.75. The Labute approximate surface area is 171 Å². The third kappa shape index (κ3) is 5.78. The Morgan fingerprint density at radius 3 is 2.48 bits per heavy atom. The van der Waals surface area contributed by atoms with Gasteiger partial charge in [0.2, 0.25) is 5.91 Å². The van der Waals surface area contributed by atoms with Gasteiger partial charge in [0.1, 0.15) is 5.75 Å². The second-order valence-electron chi connectivity index (χ2n) is 8.38. The molecule has 2 N–H and O–H groups in total. The Balaban J connectivity index is 0.000000941. The molecule has 1 fully saturated rings. The molecule has 0 unspecified atom stereocenters. The summed E-state index contributed by atoms with van der Waals surface area (Å²) >= 11 is 0. The summed E-state index contributed by atoms with van der Waals surface area (Å²) < 4.78 is 6.12. The molecule has 1 amide bonds. The Bertz CT molecular complexity index is 891. The van der Waals surface area contributed by atoms with E-state index < -0.39 is 0 Å².